The lowest BCUT2D eigenvalue weighted by atomic mass is 10.1. The minimum Gasteiger partial charge on any atom is -0.489 e. The molecule has 0 saturated carbocycles. The molecule has 0 aliphatic carbocycles. The Bertz CT molecular complexity index is 1130. The molecule has 0 amide bonds. The third-order valence-corrected chi connectivity index (χ3v) is 4.22. The van der Waals surface area contributed by atoms with Gasteiger partial charge in [0.2, 0.25) is 0 Å². The first kappa shape index (κ1) is 16.8. The summed E-state index contributed by atoms with van der Waals surface area (Å²) in [4.78, 5) is 23.4. The van der Waals surface area contributed by atoms with E-state index in [1.807, 2.05) is 37.3 Å². The maximum absolute atomic E-state index is 11.3. The fourth-order valence-electron chi connectivity index (χ4n) is 2.89. The van der Waals surface area contributed by atoms with Gasteiger partial charge in [-0.05, 0) is 36.8 Å². The Balaban J connectivity index is 1.58. The average molecular weight is 359 g/mol. The molecule has 0 radical (unpaired) electrons. The highest BCUT2D eigenvalue weighted by Crippen LogP contribution is 2.24. The summed E-state index contributed by atoms with van der Waals surface area (Å²) in [5.41, 5.74) is 4.34. The number of ether oxygens (including phenoxy) is 1. The van der Waals surface area contributed by atoms with E-state index in [0.29, 0.717) is 22.8 Å². The van der Waals surface area contributed by atoms with Crippen LogP contribution >= 0.6 is 0 Å². The topological polar surface area (TPSA) is 88.1 Å². The summed E-state index contributed by atoms with van der Waals surface area (Å²) >= 11 is 0. The fourth-order valence-corrected chi connectivity index (χ4v) is 2.89. The van der Waals surface area contributed by atoms with Gasteiger partial charge in [0, 0.05) is 17.3 Å². The SMILES string of the molecule is Cc1cnc2nc(-c3cccc(OCc4ccccc4C(=O)O)c3)[nH]c2c1. The normalized spacial score (nSPS) is 10.9. The van der Waals surface area contributed by atoms with Crippen molar-refractivity contribution in [3.63, 3.8) is 0 Å². The van der Waals surface area contributed by atoms with Crippen LogP contribution in [0.5, 0.6) is 5.75 Å². The quantitative estimate of drug-likeness (QED) is 0.557. The lowest BCUT2D eigenvalue weighted by Crippen LogP contribution is -2.05. The number of hydrogen-bond acceptors (Lipinski definition) is 4. The van der Waals surface area contributed by atoms with Gasteiger partial charge in [-0.1, -0.05) is 30.3 Å². The van der Waals surface area contributed by atoms with Crippen molar-refractivity contribution in [2.75, 3.05) is 0 Å². The van der Waals surface area contributed by atoms with Crippen LogP contribution in [0.1, 0.15) is 21.5 Å². The summed E-state index contributed by atoms with van der Waals surface area (Å²) in [5.74, 6) is 0.379. The number of aromatic nitrogens is 3. The van der Waals surface area contributed by atoms with Crippen LogP contribution in [0.4, 0.5) is 0 Å². The van der Waals surface area contributed by atoms with Gasteiger partial charge in [-0.2, -0.15) is 0 Å². The second-order valence-corrected chi connectivity index (χ2v) is 6.25. The average Bonchev–Trinajstić information content (AvgIpc) is 3.10. The highest BCUT2D eigenvalue weighted by molar-refractivity contribution is 5.89. The molecular weight excluding hydrogens is 342 g/mol. The van der Waals surface area contributed by atoms with Crippen molar-refractivity contribution in [3.8, 4) is 17.1 Å². The number of imidazole rings is 1. The molecule has 134 valence electrons. The molecule has 4 aromatic rings. The van der Waals surface area contributed by atoms with E-state index in [1.165, 1.54) is 0 Å². The van der Waals surface area contributed by atoms with Crippen LogP contribution in [-0.2, 0) is 6.61 Å². The molecule has 0 saturated heterocycles. The molecule has 0 aliphatic rings. The molecule has 0 atom stereocenters. The molecule has 6 nitrogen and oxygen atoms in total. The molecular formula is C21H17N3O3. The summed E-state index contributed by atoms with van der Waals surface area (Å²) in [7, 11) is 0. The van der Waals surface area contributed by atoms with E-state index < -0.39 is 5.97 Å². The summed E-state index contributed by atoms with van der Waals surface area (Å²) in [6.07, 6.45) is 1.78. The van der Waals surface area contributed by atoms with Gasteiger partial charge in [-0.3, -0.25) is 0 Å². The number of nitrogens with one attached hydrogen (secondary N) is 1. The number of carbonyl (C=O) groups is 1. The highest BCUT2D eigenvalue weighted by Gasteiger charge is 2.11. The van der Waals surface area contributed by atoms with Gasteiger partial charge >= 0.3 is 5.97 Å². The Morgan fingerprint density at radius 2 is 2.00 bits per heavy atom. The number of carboxylic acid groups (broad SMARTS) is 1. The number of fused-ring (bicyclic) bond motifs is 1. The Morgan fingerprint density at radius 1 is 1.15 bits per heavy atom. The molecule has 2 aromatic carbocycles. The molecule has 6 heteroatoms. The third-order valence-electron chi connectivity index (χ3n) is 4.22. The van der Waals surface area contributed by atoms with Crippen molar-refractivity contribution in [1.29, 1.82) is 0 Å². The number of carboxylic acids is 1. The van der Waals surface area contributed by atoms with Gasteiger partial charge < -0.3 is 14.8 Å². The maximum Gasteiger partial charge on any atom is 0.336 e. The number of rotatable bonds is 5. The molecule has 27 heavy (non-hydrogen) atoms. The predicted molar refractivity (Wildman–Crippen MR) is 102 cm³/mol. The fraction of sp³-hybridized carbons (Fsp3) is 0.0952. The van der Waals surface area contributed by atoms with Crippen LogP contribution in [0.2, 0.25) is 0 Å². The Morgan fingerprint density at radius 3 is 2.85 bits per heavy atom. The molecule has 0 fully saturated rings. The monoisotopic (exact) mass is 359 g/mol. The van der Waals surface area contributed by atoms with E-state index >= 15 is 0 Å². The van der Waals surface area contributed by atoms with Crippen molar-refractivity contribution in [3.05, 3.63) is 77.5 Å². The maximum atomic E-state index is 11.3. The number of aromatic carboxylic acids is 1. The molecule has 0 bridgehead atoms. The van der Waals surface area contributed by atoms with E-state index in [0.717, 1.165) is 16.6 Å². The van der Waals surface area contributed by atoms with E-state index in [-0.39, 0.29) is 12.2 Å². The number of nitrogens with zero attached hydrogens (tertiary/aromatic N) is 2. The first-order chi connectivity index (χ1) is 13.1. The van der Waals surface area contributed by atoms with Gasteiger partial charge in [-0.15, -0.1) is 0 Å². The van der Waals surface area contributed by atoms with Gasteiger partial charge in [0.05, 0.1) is 11.1 Å². The number of aromatic amines is 1. The molecule has 0 spiro atoms. The van der Waals surface area contributed by atoms with E-state index in [2.05, 4.69) is 15.0 Å². The largest absolute Gasteiger partial charge is 0.489 e. The standard InChI is InChI=1S/C21H17N3O3/c1-13-9-18-20(22-11-13)24-19(23-18)14-6-4-7-16(10-14)27-12-15-5-2-3-8-17(15)21(25)26/h2-11H,12H2,1H3,(H,25,26)(H,22,23,24). The van der Waals surface area contributed by atoms with Gasteiger partial charge in [0.1, 0.15) is 18.2 Å². The first-order valence-electron chi connectivity index (χ1n) is 8.47. The van der Waals surface area contributed by atoms with Crippen molar-refractivity contribution >= 4 is 17.1 Å². The van der Waals surface area contributed by atoms with Crippen LogP contribution < -0.4 is 4.74 Å². The van der Waals surface area contributed by atoms with Crippen LogP contribution in [0.3, 0.4) is 0 Å². The highest BCUT2D eigenvalue weighted by atomic mass is 16.5. The second kappa shape index (κ2) is 6.92. The number of pyridine rings is 1. The lowest BCUT2D eigenvalue weighted by Gasteiger charge is -2.09. The molecule has 0 unspecified atom stereocenters. The Labute approximate surface area is 155 Å². The van der Waals surface area contributed by atoms with Crippen molar-refractivity contribution in [2.45, 2.75) is 13.5 Å². The summed E-state index contributed by atoms with van der Waals surface area (Å²) < 4.78 is 5.82. The van der Waals surface area contributed by atoms with Crippen molar-refractivity contribution in [2.24, 2.45) is 0 Å². The van der Waals surface area contributed by atoms with Gasteiger partial charge in [-0.25, -0.2) is 14.8 Å². The van der Waals surface area contributed by atoms with Crippen molar-refractivity contribution < 1.29 is 14.6 Å². The molecule has 4 rings (SSSR count). The Hall–Kier alpha value is -3.67. The van der Waals surface area contributed by atoms with Crippen LogP contribution in [0.25, 0.3) is 22.6 Å². The summed E-state index contributed by atoms with van der Waals surface area (Å²) in [6.45, 7) is 2.16. The second-order valence-electron chi connectivity index (χ2n) is 6.25. The molecule has 2 aromatic heterocycles. The van der Waals surface area contributed by atoms with E-state index in [1.54, 1.807) is 30.5 Å². The zero-order valence-corrected chi connectivity index (χ0v) is 14.6. The van der Waals surface area contributed by atoms with Crippen LogP contribution in [0.15, 0.2) is 60.8 Å². The zero-order chi connectivity index (χ0) is 18.8. The van der Waals surface area contributed by atoms with Gasteiger partial charge in [0.25, 0.3) is 0 Å². The number of hydrogen-bond donors (Lipinski definition) is 2. The van der Waals surface area contributed by atoms with Gasteiger partial charge in [0.15, 0.2) is 5.65 Å². The molecule has 2 N–H and O–H groups in total. The van der Waals surface area contributed by atoms with Crippen molar-refractivity contribution in [1.82, 2.24) is 15.0 Å². The van der Waals surface area contributed by atoms with E-state index in [4.69, 9.17) is 4.74 Å². The van der Waals surface area contributed by atoms with E-state index in [9.17, 15) is 9.90 Å². The number of H-pyrrole nitrogens is 1. The number of benzene rings is 2. The smallest absolute Gasteiger partial charge is 0.336 e. The molecule has 0 aliphatic heterocycles. The minimum absolute atomic E-state index is 0.173. The third kappa shape index (κ3) is 3.50. The zero-order valence-electron chi connectivity index (χ0n) is 14.6. The molecule has 2 heterocycles. The summed E-state index contributed by atoms with van der Waals surface area (Å²) in [5, 5.41) is 9.27. The lowest BCUT2D eigenvalue weighted by molar-refractivity contribution is 0.0694. The Kier molecular flexibility index (Phi) is 4.30. The minimum atomic E-state index is -0.965. The predicted octanol–water partition coefficient (Wildman–Crippen LogP) is 4.21. The van der Waals surface area contributed by atoms with Crippen LogP contribution in [0, 0.1) is 6.92 Å². The van der Waals surface area contributed by atoms with Crippen LogP contribution in [-0.4, -0.2) is 26.0 Å². The first-order valence-corrected chi connectivity index (χ1v) is 8.47. The number of aryl methyl sites for hydroxylation is 1. The summed E-state index contributed by atoms with van der Waals surface area (Å²) in [6, 6.07) is 16.3.